The lowest BCUT2D eigenvalue weighted by atomic mass is 10.1. The van der Waals surface area contributed by atoms with Crippen molar-refractivity contribution in [1.82, 2.24) is 0 Å². The van der Waals surface area contributed by atoms with Crippen LogP contribution in [0.3, 0.4) is 0 Å². The van der Waals surface area contributed by atoms with Gasteiger partial charge in [-0.3, -0.25) is 9.59 Å². The van der Waals surface area contributed by atoms with Crippen LogP contribution in [0.1, 0.15) is 28.9 Å². The summed E-state index contributed by atoms with van der Waals surface area (Å²) in [5, 5.41) is 6.26. The molecule has 0 radical (unpaired) electrons. The number of carbonyl (C=O) groups is 2. The van der Waals surface area contributed by atoms with Gasteiger partial charge >= 0.3 is 0 Å². The molecule has 0 aliphatic rings. The first kappa shape index (κ1) is 19.7. The molecular weight excluding hydrogens is 368 g/mol. The number of carbonyl (C=O) groups excluding carboxylic acids is 2. The third-order valence-electron chi connectivity index (χ3n) is 4.31. The minimum absolute atomic E-state index is 0.0392. The lowest BCUT2D eigenvalue weighted by Gasteiger charge is -2.20. The van der Waals surface area contributed by atoms with Crippen molar-refractivity contribution in [3.05, 3.63) is 90.0 Å². The number of hydrogen-bond acceptors (Lipinski definition) is 4. The maximum atomic E-state index is 13.1. The van der Waals surface area contributed by atoms with Gasteiger partial charge in [0.25, 0.3) is 5.91 Å². The molecule has 1 atom stereocenters. The molecule has 0 bridgehead atoms. The van der Waals surface area contributed by atoms with Gasteiger partial charge in [0.15, 0.2) is 5.78 Å². The van der Waals surface area contributed by atoms with Gasteiger partial charge in [-0.05, 0) is 49.1 Å². The molecule has 5 heteroatoms. The third-order valence-corrected chi connectivity index (χ3v) is 5.04. The molecule has 0 heterocycles. The van der Waals surface area contributed by atoms with Gasteiger partial charge in [0.1, 0.15) is 6.04 Å². The van der Waals surface area contributed by atoms with E-state index in [1.165, 1.54) is 6.92 Å². The van der Waals surface area contributed by atoms with Gasteiger partial charge in [-0.15, -0.1) is 11.8 Å². The molecule has 142 valence electrons. The van der Waals surface area contributed by atoms with Crippen molar-refractivity contribution in [2.24, 2.45) is 0 Å². The molecule has 0 saturated heterocycles. The van der Waals surface area contributed by atoms with Crippen molar-refractivity contribution in [3.63, 3.8) is 0 Å². The second-order valence-corrected chi connectivity index (χ2v) is 7.23. The van der Waals surface area contributed by atoms with Crippen LogP contribution < -0.4 is 10.6 Å². The van der Waals surface area contributed by atoms with E-state index in [2.05, 4.69) is 10.6 Å². The lowest BCUT2D eigenvalue weighted by molar-refractivity contribution is -0.117. The Morgan fingerprint density at radius 1 is 0.857 bits per heavy atom. The highest BCUT2D eigenvalue weighted by Gasteiger charge is 2.21. The molecule has 2 N–H and O–H groups in total. The summed E-state index contributed by atoms with van der Waals surface area (Å²) in [4.78, 5) is 25.8. The van der Waals surface area contributed by atoms with E-state index >= 15 is 0 Å². The van der Waals surface area contributed by atoms with Gasteiger partial charge in [-0.1, -0.05) is 48.5 Å². The van der Waals surface area contributed by atoms with Crippen molar-refractivity contribution < 1.29 is 9.59 Å². The summed E-state index contributed by atoms with van der Waals surface area (Å²) in [6.45, 7) is 1.51. The minimum atomic E-state index is -0.570. The second kappa shape index (κ2) is 9.24. The molecule has 4 nitrogen and oxygen atoms in total. The molecule has 3 aromatic carbocycles. The maximum Gasteiger partial charge on any atom is 0.251 e. The summed E-state index contributed by atoms with van der Waals surface area (Å²) in [6.07, 6.45) is 2.02. The third kappa shape index (κ3) is 5.02. The Hall–Kier alpha value is -3.05. The van der Waals surface area contributed by atoms with Gasteiger partial charge in [-0.2, -0.15) is 0 Å². The van der Waals surface area contributed by atoms with Crippen LogP contribution in [-0.2, 0) is 4.79 Å². The van der Waals surface area contributed by atoms with Crippen molar-refractivity contribution in [2.75, 3.05) is 16.9 Å². The quantitative estimate of drug-likeness (QED) is 0.419. The fourth-order valence-electron chi connectivity index (χ4n) is 2.86. The van der Waals surface area contributed by atoms with E-state index in [1.54, 1.807) is 36.0 Å². The van der Waals surface area contributed by atoms with E-state index in [1.807, 2.05) is 60.9 Å². The van der Waals surface area contributed by atoms with E-state index in [4.69, 9.17) is 0 Å². The summed E-state index contributed by atoms with van der Waals surface area (Å²) in [5.41, 5.74) is 2.89. The Morgan fingerprint density at radius 2 is 1.57 bits per heavy atom. The van der Waals surface area contributed by atoms with E-state index < -0.39 is 6.04 Å². The van der Waals surface area contributed by atoms with Gasteiger partial charge < -0.3 is 10.6 Å². The summed E-state index contributed by atoms with van der Waals surface area (Å²) in [5.74, 6) is -0.232. The average molecular weight is 391 g/mol. The van der Waals surface area contributed by atoms with Crippen molar-refractivity contribution in [3.8, 4) is 0 Å². The number of amides is 1. The summed E-state index contributed by atoms with van der Waals surface area (Å²) >= 11 is 1.65. The molecule has 1 amide bonds. The number of Topliss-reactive ketones (excluding diaryl/α,β-unsaturated/α-hetero) is 1. The van der Waals surface area contributed by atoms with Crippen molar-refractivity contribution in [2.45, 2.75) is 17.9 Å². The summed E-state index contributed by atoms with van der Waals surface area (Å²) in [6, 6.07) is 23.9. The molecule has 0 fully saturated rings. The van der Waals surface area contributed by atoms with Gasteiger partial charge in [-0.25, -0.2) is 0 Å². The lowest BCUT2D eigenvalue weighted by Crippen LogP contribution is -2.27. The Bertz CT molecular complexity index is 973. The van der Waals surface area contributed by atoms with Gasteiger partial charge in [0, 0.05) is 21.8 Å². The van der Waals surface area contributed by atoms with Crippen LogP contribution in [-0.4, -0.2) is 17.9 Å². The van der Waals surface area contributed by atoms with Crippen LogP contribution >= 0.6 is 11.8 Å². The van der Waals surface area contributed by atoms with E-state index in [0.717, 1.165) is 16.1 Å². The van der Waals surface area contributed by atoms with Gasteiger partial charge in [0.05, 0.1) is 0 Å². The number of ketones is 1. The summed E-state index contributed by atoms with van der Waals surface area (Å²) in [7, 11) is 0. The molecule has 0 saturated carbocycles. The predicted molar refractivity (Wildman–Crippen MR) is 116 cm³/mol. The Balaban J connectivity index is 1.87. The molecule has 0 spiro atoms. The number of hydrogen-bond donors (Lipinski definition) is 2. The number of anilines is 2. The highest BCUT2D eigenvalue weighted by molar-refractivity contribution is 7.98. The monoisotopic (exact) mass is 390 g/mol. The first-order valence-corrected chi connectivity index (χ1v) is 10.2. The minimum Gasteiger partial charge on any atom is -0.370 e. The molecule has 0 aliphatic heterocycles. The zero-order chi connectivity index (χ0) is 19.9. The molecule has 3 aromatic rings. The van der Waals surface area contributed by atoms with Crippen LogP contribution in [0.25, 0.3) is 0 Å². The molecule has 28 heavy (non-hydrogen) atoms. The standard InChI is InChI=1S/C23H22N2O2S/c1-16(26)18-10-6-11-19(14-18)25-23(27)22(17-8-4-3-5-9-17)24-20-12-7-13-21(15-20)28-2/h3-15,22,24H,1-2H3,(H,25,27)/t22-/m1/s1. The van der Waals surface area contributed by atoms with E-state index in [-0.39, 0.29) is 11.7 Å². The largest absolute Gasteiger partial charge is 0.370 e. The number of thioether (sulfide) groups is 1. The zero-order valence-electron chi connectivity index (χ0n) is 15.8. The maximum absolute atomic E-state index is 13.1. The fraction of sp³-hybridized carbons (Fsp3) is 0.130. The smallest absolute Gasteiger partial charge is 0.251 e. The average Bonchev–Trinajstić information content (AvgIpc) is 2.73. The van der Waals surface area contributed by atoms with Crippen LogP contribution in [0.4, 0.5) is 11.4 Å². The zero-order valence-corrected chi connectivity index (χ0v) is 16.6. The van der Waals surface area contributed by atoms with Crippen LogP contribution in [0, 0.1) is 0 Å². The molecule has 0 unspecified atom stereocenters. The van der Waals surface area contributed by atoms with E-state index in [9.17, 15) is 9.59 Å². The SMILES string of the molecule is CSc1cccc(N[C@@H](C(=O)Nc2cccc(C(C)=O)c2)c2ccccc2)c1. The first-order chi connectivity index (χ1) is 13.6. The highest BCUT2D eigenvalue weighted by atomic mass is 32.2. The van der Waals surface area contributed by atoms with Gasteiger partial charge in [0.2, 0.25) is 0 Å². The van der Waals surface area contributed by atoms with Crippen molar-refractivity contribution in [1.29, 1.82) is 0 Å². The molecule has 0 aliphatic carbocycles. The Labute approximate surface area is 169 Å². The fourth-order valence-corrected chi connectivity index (χ4v) is 3.32. The highest BCUT2D eigenvalue weighted by Crippen LogP contribution is 2.25. The number of benzene rings is 3. The predicted octanol–water partition coefficient (Wildman–Crippen LogP) is 5.40. The number of rotatable bonds is 7. The second-order valence-electron chi connectivity index (χ2n) is 6.35. The Morgan fingerprint density at radius 3 is 2.29 bits per heavy atom. The van der Waals surface area contributed by atoms with Crippen LogP contribution in [0.15, 0.2) is 83.8 Å². The first-order valence-electron chi connectivity index (χ1n) is 8.94. The normalized spacial score (nSPS) is 11.5. The summed E-state index contributed by atoms with van der Waals surface area (Å²) < 4.78 is 0. The van der Waals surface area contributed by atoms with Crippen LogP contribution in [0.5, 0.6) is 0 Å². The number of nitrogens with one attached hydrogen (secondary N) is 2. The van der Waals surface area contributed by atoms with Crippen molar-refractivity contribution >= 4 is 34.8 Å². The van der Waals surface area contributed by atoms with Crippen LogP contribution in [0.2, 0.25) is 0 Å². The molecule has 3 rings (SSSR count). The molecular formula is C23H22N2O2S. The Kier molecular flexibility index (Phi) is 6.50. The van der Waals surface area contributed by atoms with E-state index in [0.29, 0.717) is 11.3 Å². The topological polar surface area (TPSA) is 58.2 Å². The molecule has 0 aromatic heterocycles.